The molecule has 0 bridgehead atoms. The lowest BCUT2D eigenvalue weighted by atomic mass is 10.0. The lowest BCUT2D eigenvalue weighted by Gasteiger charge is -2.22. The molecular weight excluding hydrogens is 338 g/mol. The van der Waals surface area contributed by atoms with Crippen LogP contribution in [-0.2, 0) is 22.6 Å². The number of amides is 2. The molecule has 1 atom stereocenters. The first-order chi connectivity index (χ1) is 12.5. The van der Waals surface area contributed by atoms with E-state index < -0.39 is 17.9 Å². The summed E-state index contributed by atoms with van der Waals surface area (Å²) in [6.45, 7) is 7.99. The summed E-state index contributed by atoms with van der Waals surface area (Å²) in [6.07, 6.45) is 0.776. The first kappa shape index (κ1) is 18.1. The second kappa shape index (κ2) is 7.65. The summed E-state index contributed by atoms with van der Waals surface area (Å²) in [6, 6.07) is 1.11. The van der Waals surface area contributed by atoms with E-state index in [1.807, 2.05) is 18.4 Å². The van der Waals surface area contributed by atoms with Gasteiger partial charge < -0.3 is 19.7 Å². The topological polar surface area (TPSA) is 127 Å². The Labute approximate surface area is 150 Å². The van der Waals surface area contributed by atoms with Crippen LogP contribution in [0.1, 0.15) is 37.3 Å². The normalized spacial score (nSPS) is 15.2. The molecule has 0 fully saturated rings. The number of fused-ring (bicyclic) bond motifs is 1. The highest BCUT2D eigenvalue weighted by molar-refractivity contribution is 6.39. The predicted octanol–water partition coefficient (Wildman–Crippen LogP) is 0.172. The molecule has 10 nitrogen and oxygen atoms in total. The lowest BCUT2D eigenvalue weighted by Crippen LogP contribution is -2.40. The third-order valence-corrected chi connectivity index (χ3v) is 4.20. The number of nitrogens with one attached hydrogen (secondary N) is 3. The number of hydrogen-bond acceptors (Lipinski definition) is 7. The Hall–Kier alpha value is -2.75. The number of anilines is 1. The molecule has 3 rings (SSSR count). The monoisotopic (exact) mass is 361 g/mol. The summed E-state index contributed by atoms with van der Waals surface area (Å²) in [4.78, 5) is 24.5. The first-order valence-electron chi connectivity index (χ1n) is 8.63. The molecule has 140 valence electrons. The van der Waals surface area contributed by atoms with Crippen molar-refractivity contribution in [2.24, 2.45) is 5.92 Å². The maximum atomic E-state index is 12.3. The van der Waals surface area contributed by atoms with Gasteiger partial charge in [0.2, 0.25) is 0 Å². The molecule has 0 spiro atoms. The average molecular weight is 361 g/mol. The Bertz CT molecular complexity index is 796. The second-order valence-electron chi connectivity index (χ2n) is 6.60. The van der Waals surface area contributed by atoms with Gasteiger partial charge in [0.25, 0.3) is 0 Å². The fourth-order valence-electron chi connectivity index (χ4n) is 2.86. The van der Waals surface area contributed by atoms with E-state index in [0.717, 1.165) is 31.9 Å². The zero-order chi connectivity index (χ0) is 18.7. The molecule has 0 saturated carbocycles. The summed E-state index contributed by atoms with van der Waals surface area (Å²) >= 11 is 0. The molecule has 0 aromatic carbocycles. The van der Waals surface area contributed by atoms with E-state index in [4.69, 9.17) is 4.52 Å². The van der Waals surface area contributed by atoms with Crippen molar-refractivity contribution in [3.05, 3.63) is 23.5 Å². The fraction of sp³-hybridized carbons (Fsp3) is 0.562. The van der Waals surface area contributed by atoms with Crippen LogP contribution >= 0.6 is 0 Å². The number of carbonyl (C=O) groups excluding carboxylic acids is 2. The van der Waals surface area contributed by atoms with Gasteiger partial charge >= 0.3 is 11.8 Å². The van der Waals surface area contributed by atoms with E-state index in [-0.39, 0.29) is 11.7 Å². The van der Waals surface area contributed by atoms with Gasteiger partial charge in [-0.25, -0.2) is 0 Å². The Kier molecular flexibility index (Phi) is 5.31. The molecule has 0 saturated heterocycles. The SMILES string of the molecule is Cc1cc(NC(=O)C(=O)N[C@H](c2nnc3n2CCNCC3)C(C)C)no1. The molecule has 2 amide bonds. The number of rotatable bonds is 4. The molecular formula is C16H23N7O3. The van der Waals surface area contributed by atoms with Crippen LogP contribution in [0.15, 0.2) is 10.6 Å². The van der Waals surface area contributed by atoms with E-state index in [0.29, 0.717) is 11.6 Å². The smallest absolute Gasteiger partial charge is 0.314 e. The van der Waals surface area contributed by atoms with Crippen molar-refractivity contribution in [2.75, 3.05) is 18.4 Å². The molecule has 26 heavy (non-hydrogen) atoms. The minimum absolute atomic E-state index is 0.0329. The van der Waals surface area contributed by atoms with Crippen molar-refractivity contribution in [3.63, 3.8) is 0 Å². The largest absolute Gasteiger partial charge is 0.360 e. The van der Waals surface area contributed by atoms with Gasteiger partial charge in [0.05, 0.1) is 6.04 Å². The van der Waals surface area contributed by atoms with Crippen LogP contribution in [-0.4, -0.2) is 44.8 Å². The third-order valence-electron chi connectivity index (χ3n) is 4.20. The summed E-state index contributed by atoms with van der Waals surface area (Å²) in [5.41, 5.74) is 0. The van der Waals surface area contributed by atoms with Crippen LogP contribution < -0.4 is 16.0 Å². The molecule has 3 N–H and O–H groups in total. The van der Waals surface area contributed by atoms with Crippen LogP contribution in [0.5, 0.6) is 0 Å². The van der Waals surface area contributed by atoms with E-state index in [1.54, 1.807) is 6.92 Å². The van der Waals surface area contributed by atoms with Gasteiger partial charge in [-0.3, -0.25) is 14.9 Å². The molecule has 1 aliphatic rings. The molecule has 3 heterocycles. The maximum absolute atomic E-state index is 12.3. The summed E-state index contributed by atoms with van der Waals surface area (Å²) < 4.78 is 6.89. The molecule has 0 aliphatic carbocycles. The first-order valence-corrected chi connectivity index (χ1v) is 8.63. The van der Waals surface area contributed by atoms with Crippen molar-refractivity contribution in [1.29, 1.82) is 0 Å². The predicted molar refractivity (Wildman–Crippen MR) is 92.2 cm³/mol. The zero-order valence-electron chi connectivity index (χ0n) is 15.1. The minimum atomic E-state index is -0.804. The van der Waals surface area contributed by atoms with Crippen LogP contribution in [0, 0.1) is 12.8 Å². The van der Waals surface area contributed by atoms with Gasteiger partial charge in [0.1, 0.15) is 11.6 Å². The number of nitrogens with zero attached hydrogens (tertiary/aromatic N) is 4. The van der Waals surface area contributed by atoms with Gasteiger partial charge in [-0.15, -0.1) is 10.2 Å². The third kappa shape index (κ3) is 3.90. The number of aromatic nitrogens is 4. The highest BCUT2D eigenvalue weighted by Crippen LogP contribution is 2.21. The van der Waals surface area contributed by atoms with Crippen molar-refractivity contribution in [1.82, 2.24) is 30.6 Å². The van der Waals surface area contributed by atoms with Gasteiger partial charge in [-0.1, -0.05) is 19.0 Å². The highest BCUT2D eigenvalue weighted by atomic mass is 16.5. The quantitative estimate of drug-likeness (QED) is 0.663. The van der Waals surface area contributed by atoms with Gasteiger partial charge in [0, 0.05) is 32.1 Å². The van der Waals surface area contributed by atoms with Gasteiger partial charge in [-0.2, -0.15) is 0 Å². The highest BCUT2D eigenvalue weighted by Gasteiger charge is 2.28. The minimum Gasteiger partial charge on any atom is -0.360 e. The van der Waals surface area contributed by atoms with Crippen molar-refractivity contribution in [3.8, 4) is 0 Å². The van der Waals surface area contributed by atoms with Crippen LogP contribution in [0.4, 0.5) is 5.82 Å². The van der Waals surface area contributed by atoms with Crippen molar-refractivity contribution in [2.45, 2.75) is 39.8 Å². The Morgan fingerprint density at radius 1 is 1.27 bits per heavy atom. The molecule has 10 heteroatoms. The molecule has 2 aromatic rings. The zero-order valence-corrected chi connectivity index (χ0v) is 15.1. The molecule has 0 radical (unpaired) electrons. The average Bonchev–Trinajstić information content (AvgIpc) is 3.10. The van der Waals surface area contributed by atoms with E-state index in [2.05, 4.69) is 31.3 Å². The van der Waals surface area contributed by atoms with E-state index in [1.165, 1.54) is 6.07 Å². The lowest BCUT2D eigenvalue weighted by molar-refractivity contribution is -0.136. The maximum Gasteiger partial charge on any atom is 0.314 e. The fourth-order valence-corrected chi connectivity index (χ4v) is 2.86. The van der Waals surface area contributed by atoms with Crippen molar-refractivity contribution < 1.29 is 14.1 Å². The van der Waals surface area contributed by atoms with Gasteiger partial charge in [-0.05, 0) is 12.8 Å². The number of hydrogen-bond donors (Lipinski definition) is 3. The van der Waals surface area contributed by atoms with E-state index in [9.17, 15) is 9.59 Å². The summed E-state index contributed by atoms with van der Waals surface area (Å²) in [5, 5.41) is 20.7. The van der Waals surface area contributed by atoms with Crippen LogP contribution in [0.2, 0.25) is 0 Å². The van der Waals surface area contributed by atoms with Crippen LogP contribution in [0.25, 0.3) is 0 Å². The number of carbonyl (C=O) groups is 2. The summed E-state index contributed by atoms with van der Waals surface area (Å²) in [7, 11) is 0. The Balaban J connectivity index is 1.73. The van der Waals surface area contributed by atoms with Gasteiger partial charge in [0.15, 0.2) is 11.6 Å². The standard InChI is InChI=1S/C16H23N7O3/c1-9(2)13(14-21-20-12-4-5-17-6-7-23(12)14)19-16(25)15(24)18-11-8-10(3)26-22-11/h8-9,13,17H,4-7H2,1-3H3,(H,19,25)(H,18,22,24)/t13-/m0/s1. The second-order valence-corrected chi connectivity index (χ2v) is 6.60. The molecule has 0 unspecified atom stereocenters. The Morgan fingerprint density at radius 3 is 2.77 bits per heavy atom. The summed E-state index contributed by atoms with van der Waals surface area (Å²) in [5.74, 6) is 0.761. The number of aryl methyl sites for hydroxylation is 1. The van der Waals surface area contributed by atoms with E-state index >= 15 is 0 Å². The Morgan fingerprint density at radius 2 is 2.08 bits per heavy atom. The molecule has 1 aliphatic heterocycles. The van der Waals surface area contributed by atoms with Crippen LogP contribution in [0.3, 0.4) is 0 Å². The molecule has 2 aromatic heterocycles. The van der Waals surface area contributed by atoms with Crippen molar-refractivity contribution >= 4 is 17.6 Å².